The van der Waals surface area contributed by atoms with Gasteiger partial charge in [0.2, 0.25) is 0 Å². The number of alkyl carbamates (subject to hydrolysis) is 1. The van der Waals surface area contributed by atoms with Gasteiger partial charge in [0.05, 0.1) is 20.0 Å². The number of H-pyrrole nitrogens is 1. The maximum Gasteiger partial charge on any atom is 0.407 e. The van der Waals surface area contributed by atoms with E-state index in [2.05, 4.69) is 21.4 Å². The van der Waals surface area contributed by atoms with Crippen molar-refractivity contribution in [1.29, 1.82) is 5.26 Å². The van der Waals surface area contributed by atoms with Crippen LogP contribution in [0.4, 0.5) is 10.6 Å². The van der Waals surface area contributed by atoms with Crippen molar-refractivity contribution in [3.8, 4) is 11.8 Å². The number of nitriles is 1. The highest BCUT2D eigenvalue weighted by atomic mass is 16.6. The Labute approximate surface area is 217 Å². The summed E-state index contributed by atoms with van der Waals surface area (Å²) in [5.74, 6) is 0.733. The predicted octanol–water partition coefficient (Wildman–Crippen LogP) is 3.47. The SMILES string of the molecule is COc1cccc(C(=O)Cn2cnc3c(C#N)c(N4CCC[C@H](NC(=O)OC(C)(C)C)C4)[nH]c3c2=O)c1.[HH].[HH]. The number of hydrogen-bond donors (Lipinski definition) is 2. The van der Waals surface area contributed by atoms with E-state index in [1.165, 1.54) is 18.0 Å². The van der Waals surface area contributed by atoms with Crippen LogP contribution in [0.15, 0.2) is 35.4 Å². The number of methoxy groups -OCH3 is 1. The molecular formula is C26H34N6O5. The van der Waals surface area contributed by atoms with Crippen molar-refractivity contribution in [3.63, 3.8) is 0 Å². The number of carbonyl (C=O) groups excluding carboxylic acids is 2. The minimum Gasteiger partial charge on any atom is -0.497 e. The lowest BCUT2D eigenvalue weighted by Crippen LogP contribution is -2.49. The zero-order chi connectivity index (χ0) is 26.7. The number of anilines is 1. The first kappa shape index (κ1) is 25.8. The molecule has 0 saturated carbocycles. The van der Waals surface area contributed by atoms with Gasteiger partial charge in [-0.1, -0.05) is 12.1 Å². The lowest BCUT2D eigenvalue weighted by atomic mass is 10.1. The van der Waals surface area contributed by atoms with Crippen molar-refractivity contribution >= 4 is 28.7 Å². The number of piperidine rings is 1. The molecule has 1 atom stereocenters. The number of rotatable bonds is 6. The van der Waals surface area contributed by atoms with Crippen LogP contribution in [-0.2, 0) is 11.3 Å². The number of ether oxygens (including phenoxy) is 2. The summed E-state index contributed by atoms with van der Waals surface area (Å²) in [6.45, 7) is 6.25. The highest BCUT2D eigenvalue weighted by molar-refractivity contribution is 5.96. The Morgan fingerprint density at radius 2 is 2.14 bits per heavy atom. The fourth-order valence-electron chi connectivity index (χ4n) is 4.36. The first-order valence-corrected chi connectivity index (χ1v) is 12.0. The van der Waals surface area contributed by atoms with E-state index in [1.54, 1.807) is 45.0 Å². The van der Waals surface area contributed by atoms with E-state index >= 15 is 0 Å². The molecule has 1 amide bonds. The molecule has 0 aliphatic carbocycles. The Bertz CT molecular complexity index is 1440. The van der Waals surface area contributed by atoms with E-state index in [1.807, 2.05) is 4.90 Å². The standard InChI is InChI=1S/C26H30N6O5.2H2/c1-26(2,3)37-25(35)29-17-8-6-10-31(13-17)23-19(12-27)21-22(30-23)24(34)32(15-28-21)14-20(33)16-7-5-9-18(11-16)36-4;;/h5,7,9,11,15,17,30H,6,8,10,13-14H2,1-4H3,(H,29,35);2*1H/t17-;;/m0../s1. The molecule has 2 N–H and O–H groups in total. The summed E-state index contributed by atoms with van der Waals surface area (Å²) in [4.78, 5) is 47.6. The van der Waals surface area contributed by atoms with Gasteiger partial charge in [0.25, 0.3) is 5.56 Å². The number of aromatic amines is 1. The Morgan fingerprint density at radius 3 is 2.84 bits per heavy atom. The molecule has 4 rings (SSSR count). The molecule has 1 fully saturated rings. The fourth-order valence-corrected chi connectivity index (χ4v) is 4.36. The van der Waals surface area contributed by atoms with Crippen LogP contribution in [0.1, 0.15) is 52.4 Å². The van der Waals surface area contributed by atoms with Crippen LogP contribution in [-0.4, -0.2) is 58.3 Å². The van der Waals surface area contributed by atoms with Gasteiger partial charge >= 0.3 is 6.09 Å². The number of carbonyl (C=O) groups is 2. The summed E-state index contributed by atoms with van der Waals surface area (Å²) >= 11 is 0. The maximum absolute atomic E-state index is 13.2. The minimum absolute atomic E-state index is 0. The van der Waals surface area contributed by atoms with Crippen molar-refractivity contribution in [3.05, 3.63) is 52.1 Å². The molecule has 1 aliphatic heterocycles. The summed E-state index contributed by atoms with van der Waals surface area (Å²) in [7, 11) is 1.51. The second kappa shape index (κ2) is 10.3. The number of amides is 1. The van der Waals surface area contributed by atoms with E-state index in [4.69, 9.17) is 9.47 Å². The van der Waals surface area contributed by atoms with Crippen LogP contribution in [0, 0.1) is 11.3 Å². The minimum atomic E-state index is -0.608. The molecule has 11 nitrogen and oxygen atoms in total. The summed E-state index contributed by atoms with van der Waals surface area (Å²) in [6.07, 6.45) is 2.31. The largest absolute Gasteiger partial charge is 0.497 e. The number of ketones is 1. The van der Waals surface area contributed by atoms with Gasteiger partial charge in [-0.25, -0.2) is 9.78 Å². The molecule has 2 aromatic heterocycles. The molecule has 198 valence electrons. The molecule has 1 saturated heterocycles. The number of Topliss-reactive ketones (excluding diaryl/α,β-unsaturated/α-hetero) is 1. The normalized spacial score (nSPS) is 15.8. The summed E-state index contributed by atoms with van der Waals surface area (Å²) in [5, 5.41) is 12.8. The molecular weight excluding hydrogens is 476 g/mol. The van der Waals surface area contributed by atoms with Crippen LogP contribution in [0.3, 0.4) is 0 Å². The smallest absolute Gasteiger partial charge is 0.407 e. The molecule has 3 aromatic rings. The van der Waals surface area contributed by atoms with Crippen LogP contribution in [0.25, 0.3) is 11.0 Å². The number of benzene rings is 1. The molecule has 0 spiro atoms. The molecule has 11 heteroatoms. The molecule has 0 radical (unpaired) electrons. The Kier molecular flexibility index (Phi) is 7.20. The number of nitrogens with zero attached hydrogens (tertiary/aromatic N) is 4. The quantitative estimate of drug-likeness (QED) is 0.480. The maximum atomic E-state index is 13.2. The first-order chi connectivity index (χ1) is 17.6. The second-order valence-corrected chi connectivity index (χ2v) is 9.95. The van der Waals surface area contributed by atoms with E-state index in [9.17, 15) is 19.6 Å². The van der Waals surface area contributed by atoms with Gasteiger partial charge in [-0.3, -0.25) is 14.2 Å². The van der Waals surface area contributed by atoms with Gasteiger partial charge in [-0.15, -0.1) is 0 Å². The van der Waals surface area contributed by atoms with Crippen LogP contribution in [0.5, 0.6) is 5.75 Å². The lowest BCUT2D eigenvalue weighted by Gasteiger charge is -2.34. The molecule has 1 aromatic carbocycles. The number of nitrogens with one attached hydrogen (secondary N) is 2. The van der Waals surface area contributed by atoms with Crippen LogP contribution < -0.4 is 20.5 Å². The molecule has 37 heavy (non-hydrogen) atoms. The second-order valence-electron chi connectivity index (χ2n) is 9.95. The van der Waals surface area contributed by atoms with Crippen molar-refractivity contribution in [1.82, 2.24) is 19.9 Å². The molecule has 0 bridgehead atoms. The third-order valence-corrected chi connectivity index (χ3v) is 6.03. The van der Waals surface area contributed by atoms with Crippen molar-refractivity contribution < 1.29 is 21.9 Å². The van der Waals surface area contributed by atoms with Crippen molar-refractivity contribution in [2.75, 3.05) is 25.1 Å². The third kappa shape index (κ3) is 5.74. The van der Waals surface area contributed by atoms with E-state index in [-0.39, 0.29) is 37.8 Å². The zero-order valence-electron chi connectivity index (χ0n) is 21.3. The zero-order valence-corrected chi connectivity index (χ0v) is 21.3. The van der Waals surface area contributed by atoms with Crippen molar-refractivity contribution in [2.24, 2.45) is 0 Å². The first-order valence-electron chi connectivity index (χ1n) is 12.0. The topological polar surface area (TPSA) is 142 Å². The molecule has 3 heterocycles. The van der Waals surface area contributed by atoms with Gasteiger partial charge in [-0.2, -0.15) is 5.26 Å². The third-order valence-electron chi connectivity index (χ3n) is 6.03. The lowest BCUT2D eigenvalue weighted by molar-refractivity contribution is 0.0499. The van der Waals surface area contributed by atoms with E-state index < -0.39 is 17.3 Å². The average molecular weight is 511 g/mol. The van der Waals surface area contributed by atoms with E-state index in [0.717, 1.165) is 12.8 Å². The fraction of sp³-hybridized carbons (Fsp3) is 0.423. The van der Waals surface area contributed by atoms with Gasteiger partial charge in [0, 0.05) is 27.5 Å². The predicted molar refractivity (Wildman–Crippen MR) is 141 cm³/mol. The van der Waals surface area contributed by atoms with Crippen LogP contribution in [0.2, 0.25) is 0 Å². The van der Waals surface area contributed by atoms with Gasteiger partial charge in [0.1, 0.15) is 39.8 Å². The Morgan fingerprint density at radius 1 is 1.35 bits per heavy atom. The number of fused-ring (bicyclic) bond motifs is 1. The van der Waals surface area contributed by atoms with Crippen molar-refractivity contribution in [2.45, 2.75) is 51.8 Å². The van der Waals surface area contributed by atoms with Gasteiger partial charge < -0.3 is 24.7 Å². The summed E-state index contributed by atoms with van der Waals surface area (Å²) in [5.41, 5.74) is -0.0123. The highest BCUT2D eigenvalue weighted by Crippen LogP contribution is 2.28. The monoisotopic (exact) mass is 510 g/mol. The van der Waals surface area contributed by atoms with Gasteiger partial charge in [-0.05, 0) is 45.7 Å². The van der Waals surface area contributed by atoms with Gasteiger partial charge in [0.15, 0.2) is 5.78 Å². The molecule has 1 aliphatic rings. The summed E-state index contributed by atoms with van der Waals surface area (Å²) in [6, 6.07) is 8.66. The summed E-state index contributed by atoms with van der Waals surface area (Å²) < 4.78 is 11.7. The highest BCUT2D eigenvalue weighted by Gasteiger charge is 2.28. The Balaban J connectivity index is 0.00000267. The van der Waals surface area contributed by atoms with Crippen LogP contribution >= 0.6 is 0 Å². The number of aromatic nitrogens is 3. The Hall–Kier alpha value is -4.33. The molecule has 0 unspecified atom stereocenters. The van der Waals surface area contributed by atoms with E-state index in [0.29, 0.717) is 30.2 Å². The number of hydrogen-bond acceptors (Lipinski definition) is 8. The average Bonchev–Trinajstić information content (AvgIpc) is 3.24.